The maximum atomic E-state index is 7.15. The summed E-state index contributed by atoms with van der Waals surface area (Å²) in [5.41, 5.74) is 5.37. The molecule has 0 aliphatic carbocycles. The molecule has 2 atom stereocenters. The predicted octanol–water partition coefficient (Wildman–Crippen LogP) is 10.5. The first-order valence-corrected chi connectivity index (χ1v) is 19.7. The molecule has 0 unspecified atom stereocenters. The first-order valence-electron chi connectivity index (χ1n) is 16.8. The van der Waals surface area contributed by atoms with Crippen LogP contribution in [0.2, 0.25) is 18.1 Å². The van der Waals surface area contributed by atoms with Crippen LogP contribution >= 0.6 is 0 Å². The minimum atomic E-state index is -2.17. The summed E-state index contributed by atoms with van der Waals surface area (Å²) in [4.78, 5) is 0. The summed E-state index contributed by atoms with van der Waals surface area (Å²) < 4.78 is 33.0. The fraction of sp³-hybridized carbons (Fsp3) is 0.286. The van der Waals surface area contributed by atoms with E-state index in [0.29, 0.717) is 32.0 Å². The average Bonchev–Trinajstić information content (AvgIpc) is 3.09. The topological polar surface area (TPSA) is 46.2 Å². The summed E-state index contributed by atoms with van der Waals surface area (Å²) in [6.07, 6.45) is 0.132. The molecule has 0 bridgehead atoms. The summed E-state index contributed by atoms with van der Waals surface area (Å²) in [7, 11) is -2.17. The molecule has 1 aliphatic heterocycles. The smallest absolute Gasteiger partial charge is 0.192 e. The number of hydrogen-bond acceptors (Lipinski definition) is 5. The largest absolute Gasteiger partial charge is 0.489 e. The van der Waals surface area contributed by atoms with Crippen molar-refractivity contribution in [3.8, 4) is 23.0 Å². The molecule has 1 aliphatic rings. The molecule has 248 valence electrons. The lowest BCUT2D eigenvalue weighted by Crippen LogP contribution is -2.47. The second-order valence-electron chi connectivity index (χ2n) is 13.9. The summed E-state index contributed by atoms with van der Waals surface area (Å²) in [6.45, 7) is 12.8. The van der Waals surface area contributed by atoms with Crippen molar-refractivity contribution in [3.63, 3.8) is 0 Å². The Balaban J connectivity index is 1.31. The maximum Gasteiger partial charge on any atom is 0.192 e. The van der Waals surface area contributed by atoms with E-state index in [2.05, 4.69) is 82.4 Å². The lowest BCUT2D eigenvalue weighted by molar-refractivity contribution is 0.0272. The minimum absolute atomic E-state index is 0.0364. The Labute approximate surface area is 286 Å². The van der Waals surface area contributed by atoms with Crippen LogP contribution in [0.25, 0.3) is 0 Å². The van der Waals surface area contributed by atoms with Gasteiger partial charge in [-0.1, -0.05) is 124 Å². The highest BCUT2D eigenvalue weighted by atomic mass is 28.4. The summed E-state index contributed by atoms with van der Waals surface area (Å²) in [5, 5.41) is 0.0364. The van der Waals surface area contributed by atoms with Gasteiger partial charge in [-0.3, -0.25) is 0 Å². The van der Waals surface area contributed by atoms with Crippen LogP contribution in [0.15, 0.2) is 127 Å². The molecule has 0 spiro atoms. The van der Waals surface area contributed by atoms with Gasteiger partial charge in [-0.05, 0) is 52.5 Å². The van der Waals surface area contributed by atoms with Gasteiger partial charge in [-0.15, -0.1) is 0 Å². The summed E-state index contributed by atoms with van der Waals surface area (Å²) in [6, 6.07) is 42.8. The zero-order valence-corrected chi connectivity index (χ0v) is 29.6. The van der Waals surface area contributed by atoms with E-state index in [9.17, 15) is 0 Å². The van der Waals surface area contributed by atoms with Gasteiger partial charge in [-0.25, -0.2) is 0 Å². The monoisotopic (exact) mass is 658 g/mol. The minimum Gasteiger partial charge on any atom is -0.489 e. The predicted molar refractivity (Wildman–Crippen MR) is 194 cm³/mol. The van der Waals surface area contributed by atoms with E-state index in [-0.39, 0.29) is 17.2 Å². The highest BCUT2D eigenvalue weighted by molar-refractivity contribution is 6.74. The van der Waals surface area contributed by atoms with Crippen molar-refractivity contribution < 1.29 is 23.4 Å². The molecule has 0 aromatic heterocycles. The van der Waals surface area contributed by atoms with Crippen molar-refractivity contribution >= 4 is 8.32 Å². The van der Waals surface area contributed by atoms with Crippen molar-refractivity contribution in [1.29, 1.82) is 0 Å². The molecule has 0 N–H and O–H groups in total. The molecule has 1 heterocycles. The van der Waals surface area contributed by atoms with Crippen LogP contribution in [0.1, 0.15) is 54.7 Å². The number of ether oxygens (including phenoxy) is 4. The molecule has 0 saturated heterocycles. The zero-order valence-electron chi connectivity index (χ0n) is 28.6. The van der Waals surface area contributed by atoms with E-state index in [4.69, 9.17) is 23.4 Å². The molecule has 0 amide bonds. The Bertz CT molecular complexity index is 1750. The van der Waals surface area contributed by atoms with Crippen molar-refractivity contribution in [3.05, 3.63) is 155 Å². The molecule has 5 nitrogen and oxygen atoms in total. The van der Waals surface area contributed by atoms with Gasteiger partial charge < -0.3 is 23.4 Å². The van der Waals surface area contributed by atoms with Gasteiger partial charge in [0.05, 0.1) is 6.10 Å². The van der Waals surface area contributed by atoms with Gasteiger partial charge in [-0.2, -0.15) is 0 Å². The maximum absolute atomic E-state index is 7.15. The van der Waals surface area contributed by atoms with Gasteiger partial charge in [0.15, 0.2) is 8.32 Å². The molecule has 0 saturated carbocycles. The summed E-state index contributed by atoms with van der Waals surface area (Å²) >= 11 is 0. The Morgan fingerprint density at radius 1 is 0.625 bits per heavy atom. The van der Waals surface area contributed by atoms with E-state index >= 15 is 0 Å². The van der Waals surface area contributed by atoms with Crippen molar-refractivity contribution in [2.75, 3.05) is 0 Å². The first-order chi connectivity index (χ1) is 23.1. The van der Waals surface area contributed by atoms with Crippen LogP contribution in [-0.4, -0.2) is 14.4 Å². The Kier molecular flexibility index (Phi) is 10.2. The summed E-state index contributed by atoms with van der Waals surface area (Å²) in [5.74, 6) is 3.03. The zero-order chi connectivity index (χ0) is 33.6. The van der Waals surface area contributed by atoms with E-state index in [0.717, 1.165) is 45.1 Å². The first kappa shape index (κ1) is 33.4. The van der Waals surface area contributed by atoms with E-state index in [1.165, 1.54) is 0 Å². The van der Waals surface area contributed by atoms with Gasteiger partial charge in [0.2, 0.25) is 0 Å². The number of hydrogen-bond donors (Lipinski definition) is 0. The second kappa shape index (κ2) is 14.7. The van der Waals surface area contributed by atoms with Crippen molar-refractivity contribution in [2.45, 2.75) is 77.4 Å². The molecular weight excluding hydrogens is 613 g/mol. The second-order valence-corrected chi connectivity index (χ2v) is 18.7. The van der Waals surface area contributed by atoms with Crippen LogP contribution in [-0.2, 0) is 30.7 Å². The lowest BCUT2D eigenvalue weighted by atomic mass is 9.94. The van der Waals surface area contributed by atoms with Gasteiger partial charge in [0.1, 0.15) is 48.9 Å². The van der Waals surface area contributed by atoms with Crippen LogP contribution in [0.3, 0.4) is 0 Å². The third-order valence-corrected chi connectivity index (χ3v) is 13.8. The number of rotatable bonds is 12. The fourth-order valence-corrected chi connectivity index (χ4v) is 6.86. The quantitative estimate of drug-likeness (QED) is 0.125. The lowest BCUT2D eigenvalue weighted by Gasteiger charge is -2.43. The third kappa shape index (κ3) is 8.30. The number of benzene rings is 5. The Morgan fingerprint density at radius 3 is 1.65 bits per heavy atom. The molecule has 5 aromatic carbocycles. The SMILES string of the molecule is CC(C)(C)[Si](C)(C)O[C@@H]1Cc2c(OCc3ccccc3)cc(OCc3ccccc3)cc2O[C@H]1c1ccc(OCc2ccccc2)cc1. The van der Waals surface area contributed by atoms with Gasteiger partial charge >= 0.3 is 0 Å². The molecular formula is C42H46O5Si. The van der Waals surface area contributed by atoms with Crippen LogP contribution in [0.5, 0.6) is 23.0 Å². The molecule has 6 rings (SSSR count). The standard InChI is InChI=1S/C42H46O5Si/c1-42(2,3)48(4,5)47-40-27-37-38(45-30-33-19-13-8-14-20-33)25-36(44-29-32-17-11-7-12-18-32)26-39(37)46-41(40)34-21-23-35(24-22-34)43-28-31-15-9-6-10-16-31/h6-26,40-41H,27-30H2,1-5H3/t40-,41+/m1/s1. The fourth-order valence-electron chi connectivity index (χ4n) is 5.55. The average molecular weight is 659 g/mol. The molecule has 0 radical (unpaired) electrons. The molecule has 48 heavy (non-hydrogen) atoms. The van der Waals surface area contributed by atoms with E-state index < -0.39 is 8.32 Å². The van der Waals surface area contributed by atoms with Crippen LogP contribution < -0.4 is 18.9 Å². The Morgan fingerprint density at radius 2 is 1.12 bits per heavy atom. The number of fused-ring (bicyclic) bond motifs is 1. The van der Waals surface area contributed by atoms with E-state index in [1.807, 2.05) is 78.9 Å². The molecule has 5 aromatic rings. The van der Waals surface area contributed by atoms with Crippen molar-refractivity contribution in [1.82, 2.24) is 0 Å². The third-order valence-electron chi connectivity index (χ3n) is 9.33. The van der Waals surface area contributed by atoms with Crippen molar-refractivity contribution in [2.24, 2.45) is 0 Å². The highest BCUT2D eigenvalue weighted by Gasteiger charge is 2.44. The van der Waals surface area contributed by atoms with Gasteiger partial charge in [0, 0.05) is 24.1 Å². The highest BCUT2D eigenvalue weighted by Crippen LogP contribution is 2.47. The molecule has 0 fully saturated rings. The normalized spacial score (nSPS) is 16.0. The van der Waals surface area contributed by atoms with E-state index in [1.54, 1.807) is 0 Å². The van der Waals surface area contributed by atoms with Crippen LogP contribution in [0, 0.1) is 0 Å². The Hall–Kier alpha value is -4.52. The molecule has 6 heteroatoms. The van der Waals surface area contributed by atoms with Gasteiger partial charge in [0.25, 0.3) is 0 Å². The van der Waals surface area contributed by atoms with Crippen LogP contribution in [0.4, 0.5) is 0 Å².